The Bertz CT molecular complexity index is 632. The molecule has 23 heavy (non-hydrogen) atoms. The summed E-state index contributed by atoms with van der Waals surface area (Å²) in [5.41, 5.74) is 4.38. The molecule has 2 aromatic carbocycles. The Labute approximate surface area is 135 Å². The summed E-state index contributed by atoms with van der Waals surface area (Å²) in [6, 6.07) is 18.5. The number of hydrazine groups is 1. The molecule has 6 heteroatoms. The van der Waals surface area contributed by atoms with Crippen molar-refractivity contribution in [2.45, 2.75) is 20.0 Å². The molecular weight excluding hydrogens is 294 g/mol. The fourth-order valence-electron chi connectivity index (χ4n) is 1.93. The third-order valence-electron chi connectivity index (χ3n) is 2.93. The zero-order chi connectivity index (χ0) is 16.5. The minimum atomic E-state index is -0.510. The first-order valence-corrected chi connectivity index (χ1v) is 7.22. The Morgan fingerprint density at radius 3 is 2.09 bits per heavy atom. The quantitative estimate of drug-likeness (QED) is 0.803. The lowest BCUT2D eigenvalue weighted by atomic mass is 10.2. The molecule has 2 N–H and O–H groups in total. The van der Waals surface area contributed by atoms with Crippen LogP contribution in [0.5, 0.6) is 0 Å². The molecule has 0 bridgehead atoms. The van der Waals surface area contributed by atoms with Gasteiger partial charge in [-0.05, 0) is 16.3 Å². The first-order valence-electron chi connectivity index (χ1n) is 7.22. The Balaban J connectivity index is 1.88. The zero-order valence-electron chi connectivity index (χ0n) is 12.9. The summed E-state index contributed by atoms with van der Waals surface area (Å²) in [7, 11) is 0. The lowest BCUT2D eigenvalue weighted by Crippen LogP contribution is -2.47. The van der Waals surface area contributed by atoms with Crippen LogP contribution in [0.15, 0.2) is 60.7 Å². The highest BCUT2D eigenvalue weighted by molar-refractivity contribution is 5.73. The molecule has 0 spiro atoms. The van der Waals surface area contributed by atoms with Gasteiger partial charge in [-0.1, -0.05) is 60.7 Å². The normalized spacial score (nSPS) is 10.2. The van der Waals surface area contributed by atoms with Gasteiger partial charge in [-0.2, -0.15) is 0 Å². The summed E-state index contributed by atoms with van der Waals surface area (Å²) >= 11 is 0. The Kier molecular flexibility index (Phi) is 6.14. The number of nitrogens with one attached hydrogen (secondary N) is 2. The van der Waals surface area contributed by atoms with Crippen LogP contribution in [0.2, 0.25) is 0 Å². The van der Waals surface area contributed by atoms with E-state index in [9.17, 15) is 9.59 Å². The number of hydroxylamine groups is 1. The second-order valence-corrected chi connectivity index (χ2v) is 4.89. The van der Waals surface area contributed by atoms with E-state index in [1.54, 1.807) is 0 Å². The topological polar surface area (TPSA) is 70.7 Å². The molecule has 0 saturated heterocycles. The van der Waals surface area contributed by atoms with Crippen LogP contribution in [0.4, 0.5) is 4.79 Å². The maximum absolute atomic E-state index is 11.9. The maximum atomic E-state index is 11.9. The fourth-order valence-corrected chi connectivity index (χ4v) is 1.93. The van der Waals surface area contributed by atoms with E-state index in [1.165, 1.54) is 6.92 Å². The molecule has 0 fully saturated rings. The number of hydrogen-bond acceptors (Lipinski definition) is 4. The fraction of sp³-hybridized carbons (Fsp3) is 0.176. The number of rotatable bonds is 6. The van der Waals surface area contributed by atoms with E-state index in [4.69, 9.17) is 4.84 Å². The Morgan fingerprint density at radius 2 is 1.52 bits per heavy atom. The summed E-state index contributed by atoms with van der Waals surface area (Å²) in [4.78, 5) is 28.1. The molecule has 2 aromatic rings. The summed E-state index contributed by atoms with van der Waals surface area (Å²) in [6.45, 7) is 1.91. The smallest absolute Gasteiger partial charge is 0.332 e. The van der Waals surface area contributed by atoms with Crippen molar-refractivity contribution in [1.82, 2.24) is 15.9 Å². The molecule has 0 heterocycles. The number of hydrogen-bond donors (Lipinski definition) is 2. The monoisotopic (exact) mass is 313 g/mol. The molecule has 2 amide bonds. The second kappa shape index (κ2) is 8.55. The Hall–Kier alpha value is -2.86. The lowest BCUT2D eigenvalue weighted by molar-refractivity contribution is -0.202. The standard InChI is InChI=1S/C17H19N3O3/c1-14(21)23-20(13-16-10-6-3-7-11-16)19-17(22)18-12-15-8-4-2-5-9-15/h2-11H,12-13H2,1H3,(H2,18,19,22). The van der Waals surface area contributed by atoms with Crippen molar-refractivity contribution < 1.29 is 14.4 Å². The lowest BCUT2D eigenvalue weighted by Gasteiger charge is -2.21. The molecule has 0 atom stereocenters. The minimum Gasteiger partial charge on any atom is -0.348 e. The molecule has 0 aliphatic carbocycles. The van der Waals surface area contributed by atoms with Gasteiger partial charge in [-0.3, -0.25) is 4.79 Å². The molecule has 120 valence electrons. The zero-order valence-corrected chi connectivity index (χ0v) is 12.9. The number of carbonyl (C=O) groups excluding carboxylic acids is 2. The van der Waals surface area contributed by atoms with Gasteiger partial charge < -0.3 is 10.2 Å². The highest BCUT2D eigenvalue weighted by Gasteiger charge is 2.13. The summed E-state index contributed by atoms with van der Waals surface area (Å²) < 4.78 is 0. The molecule has 2 rings (SSSR count). The number of amides is 2. The molecular formula is C17H19N3O3. The first kappa shape index (κ1) is 16.5. The largest absolute Gasteiger partial charge is 0.348 e. The van der Waals surface area contributed by atoms with Gasteiger partial charge in [0.05, 0.1) is 6.54 Å². The SMILES string of the molecule is CC(=O)ON(Cc1ccccc1)NC(=O)NCc1ccccc1. The molecule has 0 aromatic heterocycles. The van der Waals surface area contributed by atoms with Crippen LogP contribution >= 0.6 is 0 Å². The van der Waals surface area contributed by atoms with Crippen LogP contribution in [0.25, 0.3) is 0 Å². The van der Waals surface area contributed by atoms with Crippen molar-refractivity contribution in [3.05, 3.63) is 71.8 Å². The van der Waals surface area contributed by atoms with Crippen molar-refractivity contribution in [1.29, 1.82) is 0 Å². The van der Waals surface area contributed by atoms with E-state index >= 15 is 0 Å². The van der Waals surface area contributed by atoms with Gasteiger partial charge in [0.25, 0.3) is 0 Å². The van der Waals surface area contributed by atoms with Crippen molar-refractivity contribution in [3.63, 3.8) is 0 Å². The van der Waals surface area contributed by atoms with Gasteiger partial charge in [0.2, 0.25) is 0 Å². The van der Waals surface area contributed by atoms with E-state index in [0.29, 0.717) is 6.54 Å². The van der Waals surface area contributed by atoms with Gasteiger partial charge in [-0.25, -0.2) is 10.2 Å². The highest BCUT2D eigenvalue weighted by atomic mass is 16.7. The summed E-state index contributed by atoms with van der Waals surface area (Å²) in [5.74, 6) is -0.510. The molecule has 0 aliphatic rings. The number of benzene rings is 2. The molecule has 6 nitrogen and oxygen atoms in total. The number of urea groups is 1. The van der Waals surface area contributed by atoms with E-state index in [0.717, 1.165) is 16.3 Å². The van der Waals surface area contributed by atoms with Gasteiger partial charge in [0.1, 0.15) is 0 Å². The number of nitrogens with zero attached hydrogens (tertiary/aromatic N) is 1. The van der Waals surface area contributed by atoms with Crippen LogP contribution in [0.3, 0.4) is 0 Å². The van der Waals surface area contributed by atoms with Gasteiger partial charge >= 0.3 is 12.0 Å². The highest BCUT2D eigenvalue weighted by Crippen LogP contribution is 2.03. The molecule has 0 unspecified atom stereocenters. The summed E-state index contributed by atoms with van der Waals surface area (Å²) in [5, 5.41) is 3.81. The van der Waals surface area contributed by atoms with Crippen LogP contribution in [-0.2, 0) is 22.7 Å². The molecule has 0 saturated carbocycles. The minimum absolute atomic E-state index is 0.249. The average molecular weight is 313 g/mol. The van der Waals surface area contributed by atoms with Crippen LogP contribution in [0.1, 0.15) is 18.1 Å². The molecule has 0 aliphatic heterocycles. The Morgan fingerprint density at radius 1 is 0.957 bits per heavy atom. The van der Waals surface area contributed by atoms with Crippen LogP contribution < -0.4 is 10.7 Å². The predicted octanol–water partition coefficient (Wildman–Crippen LogP) is 2.38. The van der Waals surface area contributed by atoms with E-state index in [1.807, 2.05) is 60.7 Å². The van der Waals surface area contributed by atoms with Gasteiger partial charge in [0, 0.05) is 13.5 Å². The predicted molar refractivity (Wildman–Crippen MR) is 85.6 cm³/mol. The third kappa shape index (κ3) is 6.19. The van der Waals surface area contributed by atoms with Crippen molar-refractivity contribution in [3.8, 4) is 0 Å². The second-order valence-electron chi connectivity index (χ2n) is 4.89. The van der Waals surface area contributed by atoms with E-state index in [-0.39, 0.29) is 6.54 Å². The first-order chi connectivity index (χ1) is 11.1. The van der Waals surface area contributed by atoms with Gasteiger partial charge in [0.15, 0.2) is 0 Å². The van der Waals surface area contributed by atoms with Crippen molar-refractivity contribution in [2.75, 3.05) is 0 Å². The third-order valence-corrected chi connectivity index (χ3v) is 2.93. The van der Waals surface area contributed by atoms with E-state index < -0.39 is 12.0 Å². The maximum Gasteiger partial charge on any atom is 0.332 e. The average Bonchev–Trinajstić information content (AvgIpc) is 2.54. The molecule has 0 radical (unpaired) electrons. The van der Waals surface area contributed by atoms with Crippen LogP contribution in [0, 0.1) is 0 Å². The summed E-state index contributed by atoms with van der Waals surface area (Å²) in [6.07, 6.45) is 0. The van der Waals surface area contributed by atoms with Crippen LogP contribution in [-0.4, -0.2) is 17.2 Å². The number of carbonyl (C=O) groups is 2. The van der Waals surface area contributed by atoms with Crippen molar-refractivity contribution >= 4 is 12.0 Å². The van der Waals surface area contributed by atoms with E-state index in [2.05, 4.69) is 10.7 Å². The van der Waals surface area contributed by atoms with Crippen molar-refractivity contribution in [2.24, 2.45) is 0 Å². The van der Waals surface area contributed by atoms with Gasteiger partial charge in [-0.15, -0.1) is 0 Å².